The van der Waals surface area contributed by atoms with E-state index in [0.717, 1.165) is 13.1 Å². The average molecular weight is 269 g/mol. The Balaban J connectivity index is 1.36. The Kier molecular flexibility index (Phi) is 4.49. The van der Waals surface area contributed by atoms with E-state index in [9.17, 15) is 0 Å². The smallest absolute Gasteiger partial charge is 0.0945 e. The molecule has 1 heterocycles. The Labute approximate surface area is 121 Å². The highest BCUT2D eigenvalue weighted by molar-refractivity contribution is 5.30. The third kappa shape index (κ3) is 3.48. The number of hydrogen-bond donors (Lipinski definition) is 1. The van der Waals surface area contributed by atoms with E-state index in [-0.39, 0.29) is 0 Å². The zero-order valence-corrected chi connectivity index (χ0v) is 12.0. The van der Waals surface area contributed by atoms with Crippen molar-refractivity contribution in [3.63, 3.8) is 0 Å². The zero-order valence-electron chi connectivity index (χ0n) is 12.0. The summed E-state index contributed by atoms with van der Waals surface area (Å²) in [6, 6.07) is 9.53. The fourth-order valence-corrected chi connectivity index (χ4v) is 3.02. The van der Waals surface area contributed by atoms with Gasteiger partial charge in [0, 0.05) is 25.0 Å². The second-order valence-corrected chi connectivity index (χ2v) is 5.67. The molecule has 1 aromatic carbocycles. The molecule has 1 aromatic heterocycles. The lowest BCUT2D eigenvalue weighted by molar-refractivity contribution is 0.445. The molecule has 1 aliphatic carbocycles. The first-order valence-corrected chi connectivity index (χ1v) is 7.68. The number of benzene rings is 1. The standard InChI is InChI=1S/C17H23N3/c1-2-6-16-13-17(8-7-15(16)5-1)19-9-3-4-11-20-12-10-18-14-20/h1-2,5-6,10,12,14,17,19H,3-4,7-9,11,13H2. The first-order chi connectivity index (χ1) is 9.92. The Hall–Kier alpha value is -1.61. The maximum absolute atomic E-state index is 4.06. The minimum absolute atomic E-state index is 0.665. The molecule has 1 N–H and O–H groups in total. The molecular weight excluding hydrogens is 246 g/mol. The van der Waals surface area contributed by atoms with Crippen molar-refractivity contribution >= 4 is 0 Å². The van der Waals surface area contributed by atoms with Crippen molar-refractivity contribution in [2.24, 2.45) is 0 Å². The van der Waals surface area contributed by atoms with Crippen LogP contribution in [0.25, 0.3) is 0 Å². The van der Waals surface area contributed by atoms with Crippen LogP contribution in [0.5, 0.6) is 0 Å². The Morgan fingerprint density at radius 2 is 2.10 bits per heavy atom. The predicted molar refractivity (Wildman–Crippen MR) is 81.7 cm³/mol. The van der Waals surface area contributed by atoms with Gasteiger partial charge in [0.25, 0.3) is 0 Å². The normalized spacial score (nSPS) is 17.9. The quantitative estimate of drug-likeness (QED) is 0.817. The summed E-state index contributed by atoms with van der Waals surface area (Å²) >= 11 is 0. The Morgan fingerprint density at radius 1 is 1.20 bits per heavy atom. The highest BCUT2D eigenvalue weighted by Gasteiger charge is 2.16. The summed E-state index contributed by atoms with van der Waals surface area (Å²) in [5.74, 6) is 0. The maximum atomic E-state index is 4.06. The summed E-state index contributed by atoms with van der Waals surface area (Å²) in [6.45, 7) is 2.21. The molecule has 0 amide bonds. The van der Waals surface area contributed by atoms with E-state index in [2.05, 4.69) is 39.1 Å². The monoisotopic (exact) mass is 269 g/mol. The van der Waals surface area contributed by atoms with Crippen molar-refractivity contribution in [1.29, 1.82) is 0 Å². The van der Waals surface area contributed by atoms with Gasteiger partial charge >= 0.3 is 0 Å². The summed E-state index contributed by atoms with van der Waals surface area (Å²) in [5, 5.41) is 3.72. The minimum Gasteiger partial charge on any atom is -0.337 e. The number of unbranched alkanes of at least 4 members (excludes halogenated alkanes) is 1. The summed E-state index contributed by atoms with van der Waals surface area (Å²) < 4.78 is 2.15. The predicted octanol–water partition coefficient (Wildman–Crippen LogP) is 2.81. The van der Waals surface area contributed by atoms with Gasteiger partial charge in [-0.3, -0.25) is 0 Å². The number of imidazole rings is 1. The van der Waals surface area contributed by atoms with Crippen molar-refractivity contribution < 1.29 is 0 Å². The van der Waals surface area contributed by atoms with Crippen LogP contribution in [-0.4, -0.2) is 22.1 Å². The topological polar surface area (TPSA) is 29.9 Å². The molecule has 0 radical (unpaired) electrons. The van der Waals surface area contributed by atoms with E-state index in [1.54, 1.807) is 5.56 Å². The second kappa shape index (κ2) is 6.71. The first kappa shape index (κ1) is 13.4. The van der Waals surface area contributed by atoms with Gasteiger partial charge in [-0.05, 0) is 49.8 Å². The molecule has 2 aromatic rings. The van der Waals surface area contributed by atoms with E-state index >= 15 is 0 Å². The number of aryl methyl sites for hydroxylation is 2. The van der Waals surface area contributed by atoms with Gasteiger partial charge in [0.15, 0.2) is 0 Å². The van der Waals surface area contributed by atoms with Crippen LogP contribution in [0.3, 0.4) is 0 Å². The summed E-state index contributed by atoms with van der Waals surface area (Å²) in [7, 11) is 0. The van der Waals surface area contributed by atoms with E-state index in [1.165, 1.54) is 37.7 Å². The zero-order chi connectivity index (χ0) is 13.6. The molecule has 3 nitrogen and oxygen atoms in total. The Bertz CT molecular complexity index is 519. The molecule has 3 heteroatoms. The van der Waals surface area contributed by atoms with Crippen LogP contribution in [0.1, 0.15) is 30.4 Å². The van der Waals surface area contributed by atoms with E-state index in [0.29, 0.717) is 6.04 Å². The minimum atomic E-state index is 0.665. The van der Waals surface area contributed by atoms with Crippen molar-refractivity contribution in [1.82, 2.24) is 14.9 Å². The number of nitrogens with zero attached hydrogens (tertiary/aromatic N) is 2. The van der Waals surface area contributed by atoms with Gasteiger partial charge in [0.05, 0.1) is 6.33 Å². The molecule has 0 spiro atoms. The third-order valence-electron chi connectivity index (χ3n) is 4.18. The molecule has 3 rings (SSSR count). The second-order valence-electron chi connectivity index (χ2n) is 5.67. The van der Waals surface area contributed by atoms with Crippen molar-refractivity contribution in [3.8, 4) is 0 Å². The van der Waals surface area contributed by atoms with Crippen LogP contribution >= 0.6 is 0 Å². The van der Waals surface area contributed by atoms with E-state index < -0.39 is 0 Å². The molecule has 0 bridgehead atoms. The highest BCUT2D eigenvalue weighted by Crippen LogP contribution is 2.20. The molecule has 1 unspecified atom stereocenters. The number of rotatable bonds is 6. The maximum Gasteiger partial charge on any atom is 0.0945 e. The van der Waals surface area contributed by atoms with Crippen molar-refractivity contribution in [2.45, 2.75) is 44.7 Å². The molecular formula is C17H23N3. The van der Waals surface area contributed by atoms with Crippen LogP contribution in [-0.2, 0) is 19.4 Å². The van der Waals surface area contributed by atoms with Gasteiger partial charge in [0.2, 0.25) is 0 Å². The Morgan fingerprint density at radius 3 is 2.95 bits per heavy atom. The van der Waals surface area contributed by atoms with Gasteiger partial charge in [-0.25, -0.2) is 4.98 Å². The van der Waals surface area contributed by atoms with Gasteiger partial charge < -0.3 is 9.88 Å². The summed E-state index contributed by atoms with van der Waals surface area (Å²) in [5.41, 5.74) is 3.08. The van der Waals surface area contributed by atoms with Crippen LogP contribution in [0.2, 0.25) is 0 Å². The molecule has 1 atom stereocenters. The van der Waals surface area contributed by atoms with Gasteiger partial charge in [0.1, 0.15) is 0 Å². The molecule has 0 saturated carbocycles. The van der Waals surface area contributed by atoms with Crippen LogP contribution < -0.4 is 5.32 Å². The lowest BCUT2D eigenvalue weighted by atomic mass is 9.88. The fourth-order valence-electron chi connectivity index (χ4n) is 3.02. The molecule has 20 heavy (non-hydrogen) atoms. The average Bonchev–Trinajstić information content (AvgIpc) is 3.00. The lowest BCUT2D eigenvalue weighted by Gasteiger charge is -2.25. The van der Waals surface area contributed by atoms with E-state index in [1.807, 2.05) is 18.7 Å². The molecule has 0 aliphatic heterocycles. The highest BCUT2D eigenvalue weighted by atomic mass is 15.0. The number of fused-ring (bicyclic) bond motifs is 1. The third-order valence-corrected chi connectivity index (χ3v) is 4.18. The number of nitrogens with one attached hydrogen (secondary N) is 1. The molecule has 106 valence electrons. The van der Waals surface area contributed by atoms with Crippen molar-refractivity contribution in [3.05, 3.63) is 54.1 Å². The van der Waals surface area contributed by atoms with Gasteiger partial charge in [-0.2, -0.15) is 0 Å². The van der Waals surface area contributed by atoms with E-state index in [4.69, 9.17) is 0 Å². The number of hydrogen-bond acceptors (Lipinski definition) is 2. The molecule has 1 aliphatic rings. The van der Waals surface area contributed by atoms with Crippen LogP contribution in [0.15, 0.2) is 43.0 Å². The lowest BCUT2D eigenvalue weighted by Crippen LogP contribution is -2.35. The van der Waals surface area contributed by atoms with Gasteiger partial charge in [-0.15, -0.1) is 0 Å². The van der Waals surface area contributed by atoms with Crippen LogP contribution in [0.4, 0.5) is 0 Å². The largest absolute Gasteiger partial charge is 0.337 e. The molecule has 0 fully saturated rings. The SMILES string of the molecule is c1ccc2c(c1)CCC(NCCCCn1ccnc1)C2. The van der Waals surface area contributed by atoms with Gasteiger partial charge in [-0.1, -0.05) is 24.3 Å². The first-order valence-electron chi connectivity index (χ1n) is 7.68. The van der Waals surface area contributed by atoms with Crippen molar-refractivity contribution in [2.75, 3.05) is 6.54 Å². The number of aromatic nitrogens is 2. The molecule has 0 saturated heterocycles. The summed E-state index contributed by atoms with van der Waals surface area (Å²) in [6.07, 6.45) is 11.9. The van der Waals surface area contributed by atoms with Crippen LogP contribution in [0, 0.1) is 0 Å². The summed E-state index contributed by atoms with van der Waals surface area (Å²) in [4.78, 5) is 4.06. The fraction of sp³-hybridized carbons (Fsp3) is 0.471.